The Labute approximate surface area is 83.4 Å². The third-order valence-corrected chi connectivity index (χ3v) is 1.81. The molecule has 0 fully saturated rings. The Hall–Kier alpha value is -1.36. The van der Waals surface area contributed by atoms with Crippen molar-refractivity contribution < 1.29 is 9.90 Å². The number of hydrazone groups is 1. The minimum atomic E-state index is 0.111. The second-order valence-corrected chi connectivity index (χ2v) is 3.12. The van der Waals surface area contributed by atoms with Gasteiger partial charge in [-0.25, -0.2) is 5.43 Å². The standard InChI is InChI=1S/C8H7BrN2O2/c9-7-1-2-8(13)6(3-7)4-10-11-5-12/h1-5,13H,(H,11,12)/b10-4-. The van der Waals surface area contributed by atoms with Crippen molar-refractivity contribution in [1.82, 2.24) is 5.43 Å². The lowest BCUT2D eigenvalue weighted by Gasteiger charge is -1.97. The molecule has 2 N–H and O–H groups in total. The monoisotopic (exact) mass is 242 g/mol. The molecule has 1 amide bonds. The van der Waals surface area contributed by atoms with Crippen molar-refractivity contribution in [1.29, 1.82) is 0 Å². The molecule has 0 unspecified atom stereocenters. The van der Waals surface area contributed by atoms with Crippen molar-refractivity contribution in [3.63, 3.8) is 0 Å². The number of carbonyl (C=O) groups excluding carboxylic acids is 1. The molecule has 1 aromatic rings. The first kappa shape index (κ1) is 9.73. The zero-order valence-corrected chi connectivity index (χ0v) is 8.15. The summed E-state index contributed by atoms with van der Waals surface area (Å²) in [5.41, 5.74) is 2.64. The number of halogens is 1. The van der Waals surface area contributed by atoms with Crippen molar-refractivity contribution in [3.05, 3.63) is 28.2 Å². The van der Waals surface area contributed by atoms with Crippen LogP contribution in [0.25, 0.3) is 0 Å². The zero-order valence-electron chi connectivity index (χ0n) is 6.57. The van der Waals surface area contributed by atoms with Crippen LogP contribution < -0.4 is 5.43 Å². The van der Waals surface area contributed by atoms with Crippen LogP contribution in [0, 0.1) is 0 Å². The van der Waals surface area contributed by atoms with E-state index >= 15 is 0 Å². The molecular formula is C8H7BrN2O2. The Balaban J connectivity index is 2.86. The van der Waals surface area contributed by atoms with E-state index in [4.69, 9.17) is 0 Å². The molecule has 0 saturated carbocycles. The van der Waals surface area contributed by atoms with Crippen LogP contribution in [0.3, 0.4) is 0 Å². The quantitative estimate of drug-likeness (QED) is 0.476. The minimum absolute atomic E-state index is 0.111. The number of amides is 1. The SMILES string of the molecule is O=CN/N=C\c1cc(Br)ccc1O. The molecule has 0 atom stereocenters. The largest absolute Gasteiger partial charge is 0.507 e. The predicted octanol–water partition coefficient (Wildman–Crippen LogP) is 1.23. The van der Waals surface area contributed by atoms with E-state index in [0.29, 0.717) is 12.0 Å². The first-order valence-electron chi connectivity index (χ1n) is 3.45. The highest BCUT2D eigenvalue weighted by Gasteiger charge is 1.97. The number of hydrogen-bond donors (Lipinski definition) is 2. The summed E-state index contributed by atoms with van der Waals surface area (Å²) >= 11 is 3.24. The van der Waals surface area contributed by atoms with Crippen molar-refractivity contribution in [2.45, 2.75) is 0 Å². The van der Waals surface area contributed by atoms with Crippen molar-refractivity contribution in [2.75, 3.05) is 0 Å². The summed E-state index contributed by atoms with van der Waals surface area (Å²) in [6.07, 6.45) is 1.81. The summed E-state index contributed by atoms with van der Waals surface area (Å²) in [6, 6.07) is 4.93. The Bertz CT molecular complexity index is 339. The zero-order chi connectivity index (χ0) is 9.68. The minimum Gasteiger partial charge on any atom is -0.507 e. The van der Waals surface area contributed by atoms with E-state index in [1.807, 2.05) is 0 Å². The highest BCUT2D eigenvalue weighted by atomic mass is 79.9. The van der Waals surface area contributed by atoms with Crippen molar-refractivity contribution >= 4 is 28.6 Å². The Morgan fingerprint density at radius 1 is 1.54 bits per heavy atom. The lowest BCUT2D eigenvalue weighted by Crippen LogP contribution is -2.00. The molecule has 68 valence electrons. The molecule has 0 radical (unpaired) electrons. The highest BCUT2D eigenvalue weighted by Crippen LogP contribution is 2.19. The average molecular weight is 243 g/mol. The van der Waals surface area contributed by atoms with Gasteiger partial charge in [-0.15, -0.1) is 0 Å². The van der Waals surface area contributed by atoms with Crippen LogP contribution in [0.2, 0.25) is 0 Å². The van der Waals surface area contributed by atoms with Gasteiger partial charge in [-0.3, -0.25) is 4.79 Å². The van der Waals surface area contributed by atoms with Crippen LogP contribution in [0.15, 0.2) is 27.8 Å². The molecule has 1 aromatic carbocycles. The van der Waals surface area contributed by atoms with Gasteiger partial charge in [0, 0.05) is 10.0 Å². The van der Waals surface area contributed by atoms with E-state index < -0.39 is 0 Å². The second kappa shape index (κ2) is 4.61. The van der Waals surface area contributed by atoms with Gasteiger partial charge in [-0.05, 0) is 18.2 Å². The summed E-state index contributed by atoms with van der Waals surface area (Å²) in [4.78, 5) is 9.85. The number of rotatable bonds is 3. The maximum Gasteiger partial charge on any atom is 0.227 e. The van der Waals surface area contributed by atoms with Crippen molar-refractivity contribution in [2.24, 2.45) is 5.10 Å². The molecule has 0 aliphatic carbocycles. The van der Waals surface area contributed by atoms with Crippen molar-refractivity contribution in [3.8, 4) is 5.75 Å². The van der Waals surface area contributed by atoms with E-state index in [9.17, 15) is 9.90 Å². The molecule has 0 aliphatic rings. The topological polar surface area (TPSA) is 61.7 Å². The fourth-order valence-electron chi connectivity index (χ4n) is 0.766. The van der Waals surface area contributed by atoms with Gasteiger partial charge in [-0.2, -0.15) is 5.10 Å². The number of nitrogens with zero attached hydrogens (tertiary/aromatic N) is 1. The van der Waals surface area contributed by atoms with Crippen LogP contribution in [0.5, 0.6) is 5.75 Å². The van der Waals surface area contributed by atoms with Gasteiger partial charge in [0.1, 0.15) is 5.75 Å². The van der Waals surface area contributed by atoms with Crippen LogP contribution in [-0.4, -0.2) is 17.7 Å². The highest BCUT2D eigenvalue weighted by molar-refractivity contribution is 9.10. The number of nitrogens with one attached hydrogen (secondary N) is 1. The van der Waals surface area contributed by atoms with Gasteiger partial charge in [0.2, 0.25) is 6.41 Å². The molecule has 1 rings (SSSR count). The van der Waals surface area contributed by atoms with Gasteiger partial charge >= 0.3 is 0 Å². The summed E-state index contributed by atoms with van der Waals surface area (Å²) < 4.78 is 0.831. The molecule has 0 spiro atoms. The lowest BCUT2D eigenvalue weighted by molar-refractivity contribution is -0.109. The molecule has 0 saturated heterocycles. The summed E-state index contributed by atoms with van der Waals surface area (Å²) in [6.45, 7) is 0. The third-order valence-electron chi connectivity index (χ3n) is 1.32. The van der Waals surface area contributed by atoms with Crippen LogP contribution in [0.4, 0.5) is 0 Å². The molecule has 0 aromatic heterocycles. The fourth-order valence-corrected chi connectivity index (χ4v) is 1.14. The Morgan fingerprint density at radius 2 is 2.31 bits per heavy atom. The Kier molecular flexibility index (Phi) is 3.45. The van der Waals surface area contributed by atoms with Crippen LogP contribution in [-0.2, 0) is 4.79 Å². The van der Waals surface area contributed by atoms with E-state index in [0.717, 1.165) is 4.47 Å². The second-order valence-electron chi connectivity index (χ2n) is 2.21. The number of benzene rings is 1. The first-order valence-corrected chi connectivity index (χ1v) is 4.24. The van der Waals surface area contributed by atoms with E-state index in [2.05, 4.69) is 26.5 Å². The summed E-state index contributed by atoms with van der Waals surface area (Å²) in [5.74, 6) is 0.111. The lowest BCUT2D eigenvalue weighted by atomic mass is 10.2. The maximum atomic E-state index is 9.85. The predicted molar refractivity (Wildman–Crippen MR) is 52.6 cm³/mol. The third kappa shape index (κ3) is 2.87. The number of aromatic hydroxyl groups is 1. The van der Waals surface area contributed by atoms with E-state index in [-0.39, 0.29) is 5.75 Å². The van der Waals surface area contributed by atoms with Crippen LogP contribution >= 0.6 is 15.9 Å². The van der Waals surface area contributed by atoms with Gasteiger partial charge in [0.05, 0.1) is 6.21 Å². The molecule has 5 heteroatoms. The van der Waals surface area contributed by atoms with Crippen LogP contribution in [0.1, 0.15) is 5.56 Å². The number of carbonyl (C=O) groups is 1. The molecule has 0 heterocycles. The summed E-state index contributed by atoms with van der Waals surface area (Å²) in [7, 11) is 0. The number of phenols is 1. The molecule has 0 bridgehead atoms. The molecule has 0 aliphatic heterocycles. The molecule has 13 heavy (non-hydrogen) atoms. The van der Waals surface area contributed by atoms with Gasteiger partial charge in [0.25, 0.3) is 0 Å². The molecular weight excluding hydrogens is 236 g/mol. The smallest absolute Gasteiger partial charge is 0.227 e. The summed E-state index contributed by atoms with van der Waals surface area (Å²) in [5, 5.41) is 12.8. The molecule has 4 nitrogen and oxygen atoms in total. The first-order chi connectivity index (χ1) is 6.24. The van der Waals surface area contributed by atoms with Gasteiger partial charge in [0.15, 0.2) is 0 Å². The maximum absolute atomic E-state index is 9.85. The van der Waals surface area contributed by atoms with Gasteiger partial charge in [-0.1, -0.05) is 15.9 Å². The fraction of sp³-hybridized carbons (Fsp3) is 0. The average Bonchev–Trinajstić information content (AvgIpc) is 2.11. The Morgan fingerprint density at radius 3 is 3.00 bits per heavy atom. The number of hydrogen-bond acceptors (Lipinski definition) is 3. The van der Waals surface area contributed by atoms with E-state index in [1.54, 1.807) is 12.1 Å². The number of phenolic OH excluding ortho intramolecular Hbond substituents is 1. The van der Waals surface area contributed by atoms with Gasteiger partial charge < -0.3 is 5.11 Å². The van der Waals surface area contributed by atoms with E-state index in [1.165, 1.54) is 12.3 Å². The normalized spacial score (nSPS) is 10.2.